The van der Waals surface area contributed by atoms with Crippen LogP contribution in [0.5, 0.6) is 0 Å². The first kappa shape index (κ1) is 20.8. The number of pyridine rings is 1. The van der Waals surface area contributed by atoms with Crippen LogP contribution in [0.15, 0.2) is 41.3 Å². The molecule has 160 valence electrons. The average molecular weight is 409 g/mol. The Kier molecular flexibility index (Phi) is 6.65. The summed E-state index contributed by atoms with van der Waals surface area (Å²) in [5.74, 6) is 0.101. The molecular formula is C24H32N4O2. The van der Waals surface area contributed by atoms with E-state index in [0.29, 0.717) is 18.0 Å². The Morgan fingerprint density at radius 3 is 2.80 bits per heavy atom. The Bertz CT molecular complexity index is 940. The van der Waals surface area contributed by atoms with Gasteiger partial charge in [-0.25, -0.2) is 0 Å². The lowest BCUT2D eigenvalue weighted by molar-refractivity contribution is 0.102. The monoisotopic (exact) mass is 408 g/mol. The second-order valence-electron chi connectivity index (χ2n) is 8.68. The van der Waals surface area contributed by atoms with Gasteiger partial charge in [0, 0.05) is 25.0 Å². The Morgan fingerprint density at radius 2 is 2.03 bits per heavy atom. The van der Waals surface area contributed by atoms with E-state index < -0.39 is 0 Å². The van der Waals surface area contributed by atoms with Gasteiger partial charge in [0.15, 0.2) is 0 Å². The molecule has 0 spiro atoms. The summed E-state index contributed by atoms with van der Waals surface area (Å²) < 4.78 is 1.70. The predicted octanol–water partition coefficient (Wildman–Crippen LogP) is 3.00. The molecule has 0 saturated carbocycles. The van der Waals surface area contributed by atoms with Gasteiger partial charge in [0.1, 0.15) is 5.56 Å². The van der Waals surface area contributed by atoms with E-state index in [0.717, 1.165) is 51.3 Å². The number of carbonyl (C=O) groups excluding carboxylic acids is 1. The molecule has 2 fully saturated rings. The van der Waals surface area contributed by atoms with Gasteiger partial charge in [-0.2, -0.15) is 0 Å². The molecule has 0 bridgehead atoms. The number of benzene rings is 1. The molecule has 1 aromatic carbocycles. The molecule has 1 unspecified atom stereocenters. The van der Waals surface area contributed by atoms with E-state index in [-0.39, 0.29) is 17.0 Å². The fourth-order valence-electron chi connectivity index (χ4n) is 4.58. The number of hydrogen-bond acceptors (Lipinski definition) is 4. The van der Waals surface area contributed by atoms with E-state index in [1.807, 2.05) is 37.4 Å². The molecule has 1 amide bonds. The Morgan fingerprint density at radius 1 is 1.20 bits per heavy atom. The van der Waals surface area contributed by atoms with E-state index >= 15 is 0 Å². The van der Waals surface area contributed by atoms with Crippen molar-refractivity contribution >= 4 is 11.6 Å². The molecule has 3 heterocycles. The van der Waals surface area contributed by atoms with Crippen molar-refractivity contribution in [3.05, 3.63) is 63.6 Å². The Hall–Kier alpha value is -2.44. The molecule has 1 atom stereocenters. The van der Waals surface area contributed by atoms with Gasteiger partial charge in [-0.15, -0.1) is 0 Å². The van der Waals surface area contributed by atoms with Crippen LogP contribution in [0, 0.1) is 12.8 Å². The van der Waals surface area contributed by atoms with Gasteiger partial charge in [-0.1, -0.05) is 12.1 Å². The smallest absolute Gasteiger partial charge is 0.263 e. The lowest BCUT2D eigenvalue weighted by Gasteiger charge is -2.23. The van der Waals surface area contributed by atoms with Crippen LogP contribution in [-0.2, 0) is 13.1 Å². The highest BCUT2D eigenvalue weighted by atomic mass is 16.2. The minimum absolute atomic E-state index is 0.203. The van der Waals surface area contributed by atoms with Crippen molar-refractivity contribution in [3.63, 3.8) is 0 Å². The third-order valence-electron chi connectivity index (χ3n) is 6.24. The van der Waals surface area contributed by atoms with Crippen LogP contribution in [0.4, 0.5) is 5.69 Å². The summed E-state index contributed by atoms with van der Waals surface area (Å²) in [5, 5.41) is 6.34. The number of nitrogens with one attached hydrogen (secondary N) is 2. The fraction of sp³-hybridized carbons (Fsp3) is 0.500. The first-order chi connectivity index (χ1) is 14.6. The number of aryl methyl sites for hydroxylation is 1. The topological polar surface area (TPSA) is 66.4 Å². The van der Waals surface area contributed by atoms with Gasteiger partial charge in [-0.3, -0.25) is 14.5 Å². The first-order valence-corrected chi connectivity index (χ1v) is 11.1. The number of hydrogen-bond donors (Lipinski definition) is 2. The van der Waals surface area contributed by atoms with E-state index in [4.69, 9.17) is 0 Å². The quantitative estimate of drug-likeness (QED) is 0.771. The van der Waals surface area contributed by atoms with E-state index in [2.05, 4.69) is 21.6 Å². The van der Waals surface area contributed by atoms with Crippen molar-refractivity contribution in [3.8, 4) is 0 Å². The molecule has 6 nitrogen and oxygen atoms in total. The Balaban J connectivity index is 1.48. The van der Waals surface area contributed by atoms with Gasteiger partial charge in [-0.05, 0) is 94.0 Å². The number of carbonyl (C=O) groups is 1. The second-order valence-corrected chi connectivity index (χ2v) is 8.68. The third-order valence-corrected chi connectivity index (χ3v) is 6.24. The van der Waals surface area contributed by atoms with Gasteiger partial charge < -0.3 is 15.2 Å². The lowest BCUT2D eigenvalue weighted by Crippen LogP contribution is -2.36. The SMILES string of the molecule is Cc1ccn(CC2CCCNC2)c(=O)c1C(=O)Nc1cccc(CN2CCCC2)c1. The highest BCUT2D eigenvalue weighted by Crippen LogP contribution is 2.17. The number of likely N-dealkylation sites (tertiary alicyclic amines) is 1. The Labute approximate surface area is 178 Å². The molecule has 1 aromatic heterocycles. The molecule has 2 aliphatic rings. The third kappa shape index (κ3) is 4.99. The minimum Gasteiger partial charge on any atom is -0.322 e. The molecule has 30 heavy (non-hydrogen) atoms. The summed E-state index contributed by atoms with van der Waals surface area (Å²) in [7, 11) is 0. The van der Waals surface area contributed by atoms with Crippen molar-refractivity contribution in [2.45, 2.75) is 45.7 Å². The van der Waals surface area contributed by atoms with E-state index in [1.165, 1.54) is 18.4 Å². The molecule has 0 radical (unpaired) electrons. The zero-order valence-electron chi connectivity index (χ0n) is 17.8. The molecule has 2 aliphatic heterocycles. The standard InChI is InChI=1S/C24H32N4O2/c1-18-9-13-28(17-20-7-5-10-25-15-20)24(30)22(18)23(29)26-21-8-4-6-19(14-21)16-27-11-2-3-12-27/h4,6,8-9,13-14,20,25H,2-3,5,7,10-12,15-17H2,1H3,(H,26,29). The van der Waals surface area contributed by atoms with Crippen LogP contribution in [0.3, 0.4) is 0 Å². The molecule has 2 aromatic rings. The van der Waals surface area contributed by atoms with Crippen LogP contribution in [0.1, 0.15) is 47.2 Å². The number of amides is 1. The molecule has 2 saturated heterocycles. The summed E-state index contributed by atoms with van der Waals surface area (Å²) in [6, 6.07) is 9.83. The molecule has 4 rings (SSSR count). The molecule has 0 aliphatic carbocycles. The van der Waals surface area contributed by atoms with Gasteiger partial charge in [0.2, 0.25) is 0 Å². The molecule has 6 heteroatoms. The maximum absolute atomic E-state index is 13.1. The second kappa shape index (κ2) is 9.58. The highest BCUT2D eigenvalue weighted by molar-refractivity contribution is 6.05. The summed E-state index contributed by atoms with van der Waals surface area (Å²) in [4.78, 5) is 28.5. The van der Waals surface area contributed by atoms with Crippen molar-refractivity contribution in [1.29, 1.82) is 0 Å². The number of nitrogens with zero attached hydrogens (tertiary/aromatic N) is 2. The van der Waals surface area contributed by atoms with Crippen LogP contribution >= 0.6 is 0 Å². The number of aromatic nitrogens is 1. The van der Waals surface area contributed by atoms with Gasteiger partial charge in [0.25, 0.3) is 11.5 Å². The number of rotatable bonds is 6. The maximum atomic E-state index is 13.1. The van der Waals surface area contributed by atoms with E-state index in [9.17, 15) is 9.59 Å². The molecular weight excluding hydrogens is 376 g/mol. The van der Waals surface area contributed by atoms with Crippen molar-refractivity contribution in [1.82, 2.24) is 14.8 Å². The summed E-state index contributed by atoms with van der Waals surface area (Å²) >= 11 is 0. The van der Waals surface area contributed by atoms with E-state index in [1.54, 1.807) is 4.57 Å². The number of anilines is 1. The number of piperidine rings is 1. The summed E-state index contributed by atoms with van der Waals surface area (Å²) in [5.41, 5.74) is 2.67. The van der Waals surface area contributed by atoms with Crippen LogP contribution in [0.25, 0.3) is 0 Å². The minimum atomic E-state index is -0.327. The molecule has 2 N–H and O–H groups in total. The summed E-state index contributed by atoms with van der Waals surface area (Å²) in [6.45, 7) is 7.61. The first-order valence-electron chi connectivity index (χ1n) is 11.1. The fourth-order valence-corrected chi connectivity index (χ4v) is 4.58. The van der Waals surface area contributed by atoms with Crippen LogP contribution in [0.2, 0.25) is 0 Å². The zero-order chi connectivity index (χ0) is 20.9. The van der Waals surface area contributed by atoms with Crippen molar-refractivity contribution in [2.75, 3.05) is 31.5 Å². The summed E-state index contributed by atoms with van der Waals surface area (Å²) in [6.07, 6.45) is 6.57. The lowest BCUT2D eigenvalue weighted by atomic mass is 9.99. The van der Waals surface area contributed by atoms with Gasteiger partial charge in [0.05, 0.1) is 0 Å². The zero-order valence-corrected chi connectivity index (χ0v) is 17.8. The normalized spacial score (nSPS) is 19.7. The van der Waals surface area contributed by atoms with Gasteiger partial charge >= 0.3 is 0 Å². The van der Waals surface area contributed by atoms with Crippen molar-refractivity contribution < 1.29 is 4.79 Å². The highest BCUT2D eigenvalue weighted by Gasteiger charge is 2.19. The van der Waals surface area contributed by atoms with Crippen LogP contribution in [-0.4, -0.2) is 41.6 Å². The van der Waals surface area contributed by atoms with Crippen LogP contribution < -0.4 is 16.2 Å². The van der Waals surface area contributed by atoms with Crippen molar-refractivity contribution in [2.24, 2.45) is 5.92 Å². The largest absolute Gasteiger partial charge is 0.322 e. The predicted molar refractivity (Wildman–Crippen MR) is 120 cm³/mol. The maximum Gasteiger partial charge on any atom is 0.263 e. The average Bonchev–Trinajstić information content (AvgIpc) is 3.24.